The van der Waals surface area contributed by atoms with Crippen LogP contribution in [0.15, 0.2) is 24.3 Å². The Balaban J connectivity index is 0.000000846. The number of carboxylic acids is 3. The molecular weight excluding hydrogens is 456 g/mol. The van der Waals surface area contributed by atoms with Crippen molar-refractivity contribution in [3.8, 4) is 0 Å². The number of carbonyl (C=O) groups is 3. The maximum absolute atomic E-state index is 10.4. The Morgan fingerprint density at radius 1 is 0.472 bits per heavy atom. The van der Waals surface area contributed by atoms with Crippen LogP contribution in [0.3, 0.4) is 0 Å². The molecule has 1 aromatic rings. The minimum Gasteiger partial charge on any atom is -0.481 e. The summed E-state index contributed by atoms with van der Waals surface area (Å²) in [6.07, 6.45) is 26.1. The predicted molar refractivity (Wildman–Crippen MR) is 146 cm³/mol. The van der Waals surface area contributed by atoms with Gasteiger partial charge in [-0.2, -0.15) is 0 Å². The molecule has 0 amide bonds. The first kappa shape index (κ1) is 33.6. The van der Waals surface area contributed by atoms with E-state index < -0.39 is 17.9 Å². The van der Waals surface area contributed by atoms with Crippen molar-refractivity contribution in [1.29, 1.82) is 0 Å². The molecule has 1 rings (SSSR count). The van der Waals surface area contributed by atoms with Crippen LogP contribution in [-0.4, -0.2) is 33.2 Å². The number of hydrogen-bond acceptors (Lipinski definition) is 3. The average Bonchev–Trinajstić information content (AvgIpc) is 2.85. The quantitative estimate of drug-likeness (QED) is 0.135. The maximum Gasteiger partial charge on any atom is 0.335 e. The minimum absolute atomic E-state index is 0.0833. The number of carboxylic acid groups (broad SMARTS) is 3. The minimum atomic E-state index is -1.06. The molecular formula is C30H50O6. The average molecular weight is 507 g/mol. The standard InChI is InChI=1S/C22H44O2.C8H6O4/c1-2-3-4-5-6-7-8-9-10-11-12-13-14-15-16-17-18-19-20-21-22(23)24;9-7(10)5-1-2-6(4-3-5)8(11)12/h2-21H2,1H3,(H,23,24);1-4H,(H,9,10)(H,11,12). The highest BCUT2D eigenvalue weighted by molar-refractivity contribution is 5.91. The van der Waals surface area contributed by atoms with Gasteiger partial charge in [0.2, 0.25) is 0 Å². The zero-order valence-corrected chi connectivity index (χ0v) is 22.5. The molecule has 0 radical (unpaired) electrons. The molecule has 3 N–H and O–H groups in total. The van der Waals surface area contributed by atoms with E-state index in [0.717, 1.165) is 12.8 Å². The monoisotopic (exact) mass is 506 g/mol. The summed E-state index contributed by atoms with van der Waals surface area (Å²) in [5.74, 6) is -2.78. The van der Waals surface area contributed by atoms with Crippen molar-refractivity contribution < 1.29 is 29.7 Å². The van der Waals surface area contributed by atoms with Crippen LogP contribution in [0.25, 0.3) is 0 Å². The first-order valence-corrected chi connectivity index (χ1v) is 14.2. The number of aliphatic carboxylic acids is 1. The van der Waals surface area contributed by atoms with Crippen molar-refractivity contribution in [3.63, 3.8) is 0 Å². The first-order valence-electron chi connectivity index (χ1n) is 14.2. The van der Waals surface area contributed by atoms with Gasteiger partial charge in [-0.3, -0.25) is 4.79 Å². The van der Waals surface area contributed by atoms with E-state index in [1.165, 1.54) is 133 Å². The first-order chi connectivity index (χ1) is 17.4. The van der Waals surface area contributed by atoms with Gasteiger partial charge in [0.05, 0.1) is 11.1 Å². The number of hydrogen-bond donors (Lipinski definition) is 3. The van der Waals surface area contributed by atoms with Crippen LogP contribution in [0, 0.1) is 0 Å². The number of aromatic carboxylic acids is 2. The van der Waals surface area contributed by atoms with Gasteiger partial charge >= 0.3 is 17.9 Å². The van der Waals surface area contributed by atoms with Crippen LogP contribution in [0.2, 0.25) is 0 Å². The molecule has 6 nitrogen and oxygen atoms in total. The lowest BCUT2D eigenvalue weighted by atomic mass is 10.0. The molecule has 36 heavy (non-hydrogen) atoms. The van der Waals surface area contributed by atoms with Crippen molar-refractivity contribution in [2.24, 2.45) is 0 Å². The van der Waals surface area contributed by atoms with Crippen molar-refractivity contribution in [2.45, 2.75) is 135 Å². The Labute approximate surface area is 218 Å². The number of unbranched alkanes of at least 4 members (excludes halogenated alkanes) is 18. The molecule has 0 aliphatic heterocycles. The molecule has 0 heterocycles. The van der Waals surface area contributed by atoms with Crippen LogP contribution in [0.4, 0.5) is 0 Å². The Morgan fingerprint density at radius 2 is 0.722 bits per heavy atom. The molecule has 0 atom stereocenters. The van der Waals surface area contributed by atoms with Gasteiger partial charge in [-0.15, -0.1) is 0 Å². The van der Waals surface area contributed by atoms with Crippen molar-refractivity contribution in [1.82, 2.24) is 0 Å². The van der Waals surface area contributed by atoms with E-state index in [9.17, 15) is 14.4 Å². The molecule has 0 aliphatic rings. The Hall–Kier alpha value is -2.37. The molecule has 0 saturated heterocycles. The van der Waals surface area contributed by atoms with Gasteiger partial charge in [-0.05, 0) is 30.7 Å². The summed E-state index contributed by atoms with van der Waals surface area (Å²) in [5.41, 5.74) is 0.167. The fourth-order valence-electron chi connectivity index (χ4n) is 4.11. The predicted octanol–water partition coefficient (Wildman–Crippen LogP) is 8.98. The fraction of sp³-hybridized carbons (Fsp3) is 0.700. The summed E-state index contributed by atoms with van der Waals surface area (Å²) in [7, 11) is 0. The molecule has 0 aliphatic carbocycles. The summed E-state index contributed by atoms with van der Waals surface area (Å²) in [6, 6.07) is 5.02. The zero-order chi connectivity index (χ0) is 26.9. The lowest BCUT2D eigenvalue weighted by Crippen LogP contribution is -1.99. The summed E-state index contributed by atoms with van der Waals surface area (Å²) >= 11 is 0. The lowest BCUT2D eigenvalue weighted by Gasteiger charge is -2.03. The second-order valence-electron chi connectivity index (χ2n) is 9.70. The van der Waals surface area contributed by atoms with Crippen molar-refractivity contribution in [3.05, 3.63) is 35.4 Å². The van der Waals surface area contributed by atoms with Gasteiger partial charge in [0, 0.05) is 6.42 Å². The molecule has 0 bridgehead atoms. The Kier molecular flexibility index (Phi) is 22.7. The van der Waals surface area contributed by atoms with Crippen LogP contribution in [-0.2, 0) is 4.79 Å². The normalized spacial score (nSPS) is 10.5. The largest absolute Gasteiger partial charge is 0.481 e. The summed E-state index contributed by atoms with van der Waals surface area (Å²) in [6.45, 7) is 2.28. The van der Waals surface area contributed by atoms with Gasteiger partial charge in [0.15, 0.2) is 0 Å². The molecule has 0 spiro atoms. The molecule has 0 aromatic heterocycles. The third-order valence-electron chi connectivity index (χ3n) is 6.37. The third-order valence-corrected chi connectivity index (χ3v) is 6.37. The second-order valence-corrected chi connectivity index (χ2v) is 9.70. The second kappa shape index (κ2) is 24.3. The molecule has 1 aromatic carbocycles. The number of rotatable bonds is 22. The Bertz CT molecular complexity index is 650. The van der Waals surface area contributed by atoms with E-state index >= 15 is 0 Å². The summed E-state index contributed by atoms with van der Waals surface area (Å²) in [4.78, 5) is 31.1. The smallest absolute Gasteiger partial charge is 0.335 e. The highest BCUT2D eigenvalue weighted by Gasteiger charge is 2.05. The molecule has 0 unspecified atom stereocenters. The topological polar surface area (TPSA) is 112 Å². The molecule has 206 valence electrons. The van der Waals surface area contributed by atoms with Crippen LogP contribution in [0.1, 0.15) is 156 Å². The van der Waals surface area contributed by atoms with Crippen LogP contribution in [0.5, 0.6) is 0 Å². The maximum atomic E-state index is 10.4. The highest BCUT2D eigenvalue weighted by atomic mass is 16.4. The van der Waals surface area contributed by atoms with E-state index in [4.69, 9.17) is 15.3 Å². The molecule has 0 saturated carbocycles. The van der Waals surface area contributed by atoms with Crippen LogP contribution < -0.4 is 0 Å². The van der Waals surface area contributed by atoms with Gasteiger partial charge in [-0.1, -0.05) is 122 Å². The van der Waals surface area contributed by atoms with E-state index in [0.29, 0.717) is 6.42 Å². The van der Waals surface area contributed by atoms with E-state index in [-0.39, 0.29) is 11.1 Å². The summed E-state index contributed by atoms with van der Waals surface area (Å²) < 4.78 is 0. The van der Waals surface area contributed by atoms with E-state index in [1.807, 2.05) is 0 Å². The van der Waals surface area contributed by atoms with Gasteiger partial charge < -0.3 is 15.3 Å². The fourth-order valence-corrected chi connectivity index (χ4v) is 4.11. The lowest BCUT2D eigenvalue weighted by molar-refractivity contribution is -0.137. The summed E-state index contributed by atoms with van der Waals surface area (Å²) in [5, 5.41) is 25.5. The van der Waals surface area contributed by atoms with Gasteiger partial charge in [0.1, 0.15) is 0 Å². The third kappa shape index (κ3) is 22.1. The SMILES string of the molecule is CCCCCCCCCCCCCCCCCCCCCC(=O)O.O=C(O)c1ccc(C(=O)O)cc1. The molecule has 0 fully saturated rings. The van der Waals surface area contributed by atoms with E-state index in [2.05, 4.69) is 6.92 Å². The van der Waals surface area contributed by atoms with E-state index in [1.54, 1.807) is 0 Å². The van der Waals surface area contributed by atoms with Gasteiger partial charge in [0.25, 0.3) is 0 Å². The van der Waals surface area contributed by atoms with Crippen molar-refractivity contribution in [2.75, 3.05) is 0 Å². The van der Waals surface area contributed by atoms with Crippen LogP contribution >= 0.6 is 0 Å². The molecule has 6 heteroatoms. The highest BCUT2D eigenvalue weighted by Crippen LogP contribution is 2.14. The Morgan fingerprint density at radius 3 is 0.944 bits per heavy atom. The zero-order valence-electron chi connectivity index (χ0n) is 22.5. The van der Waals surface area contributed by atoms with Gasteiger partial charge in [-0.25, -0.2) is 9.59 Å². The number of benzene rings is 1. The van der Waals surface area contributed by atoms with Crippen molar-refractivity contribution >= 4 is 17.9 Å².